The van der Waals surface area contributed by atoms with Crippen LogP contribution in [0, 0.1) is 11.8 Å². The fraction of sp³-hybridized carbons (Fsp3) is 0.875. The third-order valence-corrected chi connectivity index (χ3v) is 1.87. The third-order valence-electron chi connectivity index (χ3n) is 1.87. The number of rotatable bonds is 4. The van der Waals surface area contributed by atoms with Crippen molar-refractivity contribution in [3.8, 4) is 0 Å². The lowest BCUT2D eigenvalue weighted by Crippen LogP contribution is -2.07. The molecule has 1 heteroatoms. The number of hydrogen-bond donors (Lipinski definition) is 0. The van der Waals surface area contributed by atoms with Gasteiger partial charge in [0.15, 0.2) is 0 Å². The highest BCUT2D eigenvalue weighted by molar-refractivity contribution is 5.49. The molecule has 0 rings (SSSR count). The van der Waals surface area contributed by atoms with Crippen molar-refractivity contribution in [3.05, 3.63) is 0 Å². The molecule has 0 saturated heterocycles. The molecule has 0 N–H and O–H groups in total. The minimum absolute atomic E-state index is 0.600. The number of hydrogen-bond acceptors (Lipinski definition) is 1. The molecule has 0 aromatic heterocycles. The molecule has 0 aliphatic carbocycles. The molecule has 1 nitrogen and oxygen atoms in total. The Morgan fingerprint density at radius 3 is 2.11 bits per heavy atom. The van der Waals surface area contributed by atoms with Crippen molar-refractivity contribution in [1.29, 1.82) is 0 Å². The Balaban J connectivity index is 3.53. The van der Waals surface area contributed by atoms with Crippen LogP contribution in [0.3, 0.4) is 0 Å². The van der Waals surface area contributed by atoms with Gasteiger partial charge in [-0.2, -0.15) is 0 Å². The van der Waals surface area contributed by atoms with E-state index in [4.69, 9.17) is 0 Å². The van der Waals surface area contributed by atoms with Crippen LogP contribution in [0.25, 0.3) is 0 Å². The second kappa shape index (κ2) is 4.54. The fourth-order valence-electron chi connectivity index (χ4n) is 1.03. The standard InChI is InChI=1S/C8H16O/c1-4-8(5-6-9)7(2)3/h6-8H,4-5H2,1-3H3/t8-/m0/s1. The first-order valence-electron chi connectivity index (χ1n) is 3.66. The predicted molar refractivity (Wildman–Crippen MR) is 39.3 cm³/mol. The van der Waals surface area contributed by atoms with Crippen LogP contribution < -0.4 is 0 Å². The molecule has 0 fully saturated rings. The van der Waals surface area contributed by atoms with E-state index in [1.165, 1.54) is 0 Å². The van der Waals surface area contributed by atoms with Crippen LogP contribution in [-0.4, -0.2) is 6.29 Å². The molecule has 0 aromatic rings. The van der Waals surface area contributed by atoms with Gasteiger partial charge >= 0.3 is 0 Å². The number of carbonyl (C=O) groups is 1. The smallest absolute Gasteiger partial charge is 0.120 e. The zero-order chi connectivity index (χ0) is 7.28. The van der Waals surface area contributed by atoms with Gasteiger partial charge in [-0.3, -0.25) is 0 Å². The SMILES string of the molecule is CC[C@@H](CC=O)C(C)C. The molecule has 0 amide bonds. The normalized spacial score (nSPS) is 13.8. The summed E-state index contributed by atoms with van der Waals surface area (Å²) in [7, 11) is 0. The molecule has 0 aromatic carbocycles. The van der Waals surface area contributed by atoms with Crippen molar-refractivity contribution in [1.82, 2.24) is 0 Å². The summed E-state index contributed by atoms with van der Waals surface area (Å²) in [6.07, 6.45) is 2.87. The molecule has 54 valence electrons. The summed E-state index contributed by atoms with van der Waals surface area (Å²) < 4.78 is 0. The first-order chi connectivity index (χ1) is 4.22. The van der Waals surface area contributed by atoms with Crippen molar-refractivity contribution in [2.45, 2.75) is 33.6 Å². The maximum absolute atomic E-state index is 10.1. The largest absolute Gasteiger partial charge is 0.303 e. The Morgan fingerprint density at radius 2 is 2.00 bits per heavy atom. The van der Waals surface area contributed by atoms with E-state index in [2.05, 4.69) is 20.8 Å². The Morgan fingerprint density at radius 1 is 1.44 bits per heavy atom. The van der Waals surface area contributed by atoms with E-state index in [1.54, 1.807) is 0 Å². The van der Waals surface area contributed by atoms with Gasteiger partial charge in [-0.05, 0) is 11.8 Å². The molecule has 0 spiro atoms. The lowest BCUT2D eigenvalue weighted by Gasteiger charge is -2.14. The predicted octanol–water partition coefficient (Wildman–Crippen LogP) is 2.26. The molecule has 1 atom stereocenters. The van der Waals surface area contributed by atoms with E-state index in [1.807, 2.05) is 0 Å². The van der Waals surface area contributed by atoms with Gasteiger partial charge in [-0.25, -0.2) is 0 Å². The third kappa shape index (κ3) is 3.28. The monoisotopic (exact) mass is 128 g/mol. The highest BCUT2D eigenvalue weighted by atomic mass is 16.1. The summed E-state index contributed by atoms with van der Waals surface area (Å²) >= 11 is 0. The highest BCUT2D eigenvalue weighted by Crippen LogP contribution is 2.16. The van der Waals surface area contributed by atoms with Gasteiger partial charge in [-0.1, -0.05) is 27.2 Å². The van der Waals surface area contributed by atoms with Gasteiger partial charge in [0.25, 0.3) is 0 Å². The van der Waals surface area contributed by atoms with Crippen LogP contribution in [0.15, 0.2) is 0 Å². The van der Waals surface area contributed by atoms with Gasteiger partial charge in [0, 0.05) is 6.42 Å². The first-order valence-corrected chi connectivity index (χ1v) is 3.66. The summed E-state index contributed by atoms with van der Waals surface area (Å²) in [5.74, 6) is 1.25. The quantitative estimate of drug-likeness (QED) is 0.531. The van der Waals surface area contributed by atoms with Gasteiger partial charge in [0.2, 0.25) is 0 Å². The van der Waals surface area contributed by atoms with Crippen LogP contribution in [-0.2, 0) is 4.79 Å². The average molecular weight is 128 g/mol. The van der Waals surface area contributed by atoms with Crippen molar-refractivity contribution in [2.24, 2.45) is 11.8 Å². The molecular formula is C8H16O. The van der Waals surface area contributed by atoms with Crippen molar-refractivity contribution >= 4 is 6.29 Å². The zero-order valence-corrected chi connectivity index (χ0v) is 6.55. The lowest BCUT2D eigenvalue weighted by atomic mass is 9.91. The van der Waals surface area contributed by atoms with Crippen LogP contribution in [0.5, 0.6) is 0 Å². The summed E-state index contributed by atoms with van der Waals surface area (Å²) in [6.45, 7) is 6.46. The van der Waals surface area contributed by atoms with Gasteiger partial charge in [-0.15, -0.1) is 0 Å². The number of aldehydes is 1. The first kappa shape index (κ1) is 8.67. The van der Waals surface area contributed by atoms with Crippen LogP contribution >= 0.6 is 0 Å². The molecular weight excluding hydrogens is 112 g/mol. The number of carbonyl (C=O) groups excluding carboxylic acids is 1. The summed E-state index contributed by atoms with van der Waals surface area (Å²) in [5, 5.41) is 0. The zero-order valence-electron chi connectivity index (χ0n) is 6.55. The van der Waals surface area contributed by atoms with E-state index < -0.39 is 0 Å². The second-order valence-corrected chi connectivity index (χ2v) is 2.81. The lowest BCUT2D eigenvalue weighted by molar-refractivity contribution is -0.108. The van der Waals surface area contributed by atoms with Gasteiger partial charge in [0.05, 0.1) is 0 Å². The Bertz CT molecular complexity index is 76.6. The Kier molecular flexibility index (Phi) is 4.37. The Labute approximate surface area is 57.5 Å². The summed E-state index contributed by atoms with van der Waals surface area (Å²) in [6, 6.07) is 0. The summed E-state index contributed by atoms with van der Waals surface area (Å²) in [4.78, 5) is 10.1. The topological polar surface area (TPSA) is 17.1 Å². The molecule has 0 bridgehead atoms. The molecule has 0 radical (unpaired) electrons. The maximum atomic E-state index is 10.1. The maximum Gasteiger partial charge on any atom is 0.120 e. The molecule has 0 unspecified atom stereocenters. The van der Waals surface area contributed by atoms with E-state index in [0.29, 0.717) is 11.8 Å². The van der Waals surface area contributed by atoms with Gasteiger partial charge in [0.1, 0.15) is 6.29 Å². The van der Waals surface area contributed by atoms with E-state index in [0.717, 1.165) is 19.1 Å². The molecule has 0 aliphatic rings. The van der Waals surface area contributed by atoms with Crippen molar-refractivity contribution in [3.63, 3.8) is 0 Å². The molecule has 0 aliphatic heterocycles. The second-order valence-electron chi connectivity index (χ2n) is 2.81. The van der Waals surface area contributed by atoms with E-state index >= 15 is 0 Å². The van der Waals surface area contributed by atoms with E-state index in [-0.39, 0.29) is 0 Å². The molecule has 0 heterocycles. The minimum atomic E-state index is 0.600. The summed E-state index contributed by atoms with van der Waals surface area (Å²) in [5.41, 5.74) is 0. The molecule has 9 heavy (non-hydrogen) atoms. The highest BCUT2D eigenvalue weighted by Gasteiger charge is 2.08. The average Bonchev–Trinajstić information content (AvgIpc) is 1.82. The van der Waals surface area contributed by atoms with E-state index in [9.17, 15) is 4.79 Å². The van der Waals surface area contributed by atoms with Crippen LogP contribution in [0.2, 0.25) is 0 Å². The van der Waals surface area contributed by atoms with Crippen molar-refractivity contribution < 1.29 is 4.79 Å². The fourth-order valence-corrected chi connectivity index (χ4v) is 1.03. The van der Waals surface area contributed by atoms with Gasteiger partial charge < -0.3 is 4.79 Å². The van der Waals surface area contributed by atoms with Crippen molar-refractivity contribution in [2.75, 3.05) is 0 Å². The minimum Gasteiger partial charge on any atom is -0.303 e. The Hall–Kier alpha value is -0.330. The molecule has 0 saturated carbocycles. The van der Waals surface area contributed by atoms with Crippen LogP contribution in [0.1, 0.15) is 33.6 Å². The van der Waals surface area contributed by atoms with Crippen LogP contribution in [0.4, 0.5) is 0 Å².